The van der Waals surface area contributed by atoms with Gasteiger partial charge in [0, 0.05) is 27.7 Å². The molecule has 0 aromatic heterocycles. The maximum atomic E-state index is 16.4. The van der Waals surface area contributed by atoms with E-state index in [4.69, 9.17) is 14.2 Å². The molecule has 2 saturated carbocycles. The predicted octanol–water partition coefficient (Wildman–Crippen LogP) is 12.8. The van der Waals surface area contributed by atoms with Crippen LogP contribution in [0.1, 0.15) is 147 Å². The second-order valence-electron chi connectivity index (χ2n) is 19.2. The minimum atomic E-state index is -0.760. The number of rotatable bonds is 24. The third kappa shape index (κ3) is 14.3. The molecule has 5 rings (SSSR count). The first-order chi connectivity index (χ1) is 30.7. The molecule has 7 nitrogen and oxygen atoms in total. The third-order valence-electron chi connectivity index (χ3n) is 13.9. The number of ether oxygens (including phenoxy) is 3. The molecule has 9 heteroatoms. The maximum absolute atomic E-state index is 16.4. The number of aryl methyl sites for hydroxylation is 2. The Bertz CT molecular complexity index is 1960. The predicted molar refractivity (Wildman–Crippen MR) is 252 cm³/mol. The highest BCUT2D eigenvalue weighted by atomic mass is 19.1. The topological polar surface area (TPSA) is 102 Å². The minimum Gasteiger partial charge on any atom is -0.493 e. The summed E-state index contributed by atoms with van der Waals surface area (Å²) in [5.41, 5.74) is 4.07. The van der Waals surface area contributed by atoms with Gasteiger partial charge >= 0.3 is 11.9 Å². The Hall–Kier alpha value is -4.34. The van der Waals surface area contributed by atoms with Gasteiger partial charge in [0.25, 0.3) is 0 Å². The third-order valence-corrected chi connectivity index (χ3v) is 13.9. The number of carbonyl (C=O) groups excluding carboxylic acids is 2. The Balaban J connectivity index is 1.34. The summed E-state index contributed by atoms with van der Waals surface area (Å²) in [6.07, 6.45) is 17.6. The largest absolute Gasteiger partial charge is 0.493 e. The van der Waals surface area contributed by atoms with Gasteiger partial charge in [0.15, 0.2) is 0 Å². The molecular formula is C55H74F2O7. The molecule has 2 aliphatic rings. The Kier molecular flexibility index (Phi) is 19.6. The van der Waals surface area contributed by atoms with Crippen LogP contribution in [0.3, 0.4) is 0 Å². The second-order valence-corrected chi connectivity index (χ2v) is 19.2. The van der Waals surface area contributed by atoms with Crippen molar-refractivity contribution in [3.05, 3.63) is 101 Å². The van der Waals surface area contributed by atoms with Crippen molar-refractivity contribution in [3.63, 3.8) is 0 Å². The standard InChI is InChI=1S/C55H74F2O7/c1-7-8-9-12-39-15-17-40(18-16-39)41-19-21-42(22-20-41)43-23-25-48(50(56)33-43)44-24-26-49(51(57)34-44)47-31-45(13-10-28-63-53(60)37(2)3)52(62-30-27-55(6,35-58)36-59)46(32-47)14-11-29-64-54(61)38(4)5/h23-26,31-34,39-42,58-59H,2,4,7-22,27-30,35-36H2,1,3,5-6H3. The number of aliphatic hydroxyl groups is 2. The first-order valence-electron chi connectivity index (χ1n) is 24.0. The lowest BCUT2D eigenvalue weighted by Crippen LogP contribution is -2.28. The molecule has 0 aliphatic heterocycles. The van der Waals surface area contributed by atoms with E-state index in [9.17, 15) is 19.8 Å². The highest BCUT2D eigenvalue weighted by molar-refractivity contribution is 5.87. The summed E-state index contributed by atoms with van der Waals surface area (Å²) < 4.78 is 49.5. The summed E-state index contributed by atoms with van der Waals surface area (Å²) in [4.78, 5) is 24.2. The van der Waals surface area contributed by atoms with Crippen molar-refractivity contribution in [2.45, 2.75) is 143 Å². The van der Waals surface area contributed by atoms with Crippen LogP contribution in [0.5, 0.6) is 5.75 Å². The first-order valence-corrected chi connectivity index (χ1v) is 24.0. The van der Waals surface area contributed by atoms with Gasteiger partial charge in [-0.25, -0.2) is 18.4 Å². The maximum Gasteiger partial charge on any atom is 0.333 e. The van der Waals surface area contributed by atoms with Crippen LogP contribution in [0.4, 0.5) is 8.78 Å². The fourth-order valence-corrected chi connectivity index (χ4v) is 9.67. The van der Waals surface area contributed by atoms with Crippen LogP contribution in [0.25, 0.3) is 22.3 Å². The van der Waals surface area contributed by atoms with E-state index in [1.807, 2.05) is 18.2 Å². The summed E-state index contributed by atoms with van der Waals surface area (Å²) in [7, 11) is 0. The molecule has 2 fully saturated rings. The zero-order valence-electron chi connectivity index (χ0n) is 39.1. The highest BCUT2D eigenvalue weighted by Gasteiger charge is 2.32. The van der Waals surface area contributed by atoms with Gasteiger partial charge < -0.3 is 24.4 Å². The molecule has 0 atom stereocenters. The van der Waals surface area contributed by atoms with Crippen LogP contribution in [0.15, 0.2) is 72.8 Å². The number of hydrogen-bond acceptors (Lipinski definition) is 7. The van der Waals surface area contributed by atoms with Crippen molar-refractivity contribution < 1.29 is 42.8 Å². The number of aliphatic hydroxyl groups excluding tert-OH is 2. The SMILES string of the molecule is C=C(C)C(=O)OCCCc1cc(-c2ccc(-c3ccc(C4CCC(C5CCC(CCCCC)CC5)CC4)cc3F)cc2F)cc(CCCOC(=O)C(=C)C)c1OCCC(C)(CO)CO. The van der Waals surface area contributed by atoms with E-state index in [-0.39, 0.29) is 38.9 Å². The number of carbonyl (C=O) groups is 2. The van der Waals surface area contributed by atoms with E-state index in [2.05, 4.69) is 20.1 Å². The first kappa shape index (κ1) is 50.7. The van der Waals surface area contributed by atoms with Crippen molar-refractivity contribution in [2.75, 3.05) is 33.0 Å². The summed E-state index contributed by atoms with van der Waals surface area (Å²) in [5, 5.41) is 19.8. The van der Waals surface area contributed by atoms with E-state index < -0.39 is 23.2 Å². The summed E-state index contributed by atoms with van der Waals surface area (Å²) >= 11 is 0. The molecule has 2 N–H and O–H groups in total. The normalized spacial score (nSPS) is 18.9. The van der Waals surface area contributed by atoms with Crippen molar-refractivity contribution in [1.82, 2.24) is 0 Å². The van der Waals surface area contributed by atoms with Crippen LogP contribution in [-0.2, 0) is 31.9 Å². The average Bonchev–Trinajstić information content (AvgIpc) is 3.29. The number of esters is 2. The van der Waals surface area contributed by atoms with E-state index in [1.165, 1.54) is 70.3 Å². The van der Waals surface area contributed by atoms with Gasteiger partial charge in [0.1, 0.15) is 17.4 Å². The van der Waals surface area contributed by atoms with Gasteiger partial charge in [-0.2, -0.15) is 0 Å². The molecule has 0 unspecified atom stereocenters. The second kappa shape index (κ2) is 24.8. The molecule has 64 heavy (non-hydrogen) atoms. The monoisotopic (exact) mass is 885 g/mol. The molecule has 2 aliphatic carbocycles. The van der Waals surface area contributed by atoms with Gasteiger partial charge in [0.05, 0.1) is 33.0 Å². The fourth-order valence-electron chi connectivity index (χ4n) is 9.67. The smallest absolute Gasteiger partial charge is 0.333 e. The van der Waals surface area contributed by atoms with E-state index >= 15 is 8.78 Å². The average molecular weight is 885 g/mol. The van der Waals surface area contributed by atoms with Crippen molar-refractivity contribution in [1.29, 1.82) is 0 Å². The molecule has 0 radical (unpaired) electrons. The number of benzene rings is 3. The molecule has 350 valence electrons. The summed E-state index contributed by atoms with van der Waals surface area (Å²) in [5.74, 6) is 1.61. The van der Waals surface area contributed by atoms with E-state index in [1.54, 1.807) is 45.0 Å². The van der Waals surface area contributed by atoms with Crippen LogP contribution in [0.2, 0.25) is 0 Å². The lowest BCUT2D eigenvalue weighted by atomic mass is 9.68. The van der Waals surface area contributed by atoms with Gasteiger partial charge in [0.2, 0.25) is 0 Å². The van der Waals surface area contributed by atoms with Crippen LogP contribution < -0.4 is 4.74 Å². The van der Waals surface area contributed by atoms with E-state index in [0.717, 1.165) is 47.3 Å². The molecule has 0 bridgehead atoms. The van der Waals surface area contributed by atoms with Gasteiger partial charge in [-0.3, -0.25) is 0 Å². The molecule has 0 amide bonds. The molecule has 0 saturated heterocycles. The lowest BCUT2D eigenvalue weighted by molar-refractivity contribution is -0.139. The molecule has 3 aromatic carbocycles. The Morgan fingerprint density at radius 3 is 1.73 bits per heavy atom. The quantitative estimate of drug-likeness (QED) is 0.0525. The Morgan fingerprint density at radius 1 is 0.688 bits per heavy atom. The number of hydrogen-bond donors (Lipinski definition) is 2. The molecule has 3 aromatic rings. The van der Waals surface area contributed by atoms with Gasteiger partial charge in [-0.15, -0.1) is 0 Å². The Labute approximate surface area is 381 Å². The highest BCUT2D eigenvalue weighted by Crippen LogP contribution is 2.45. The van der Waals surface area contributed by atoms with E-state index in [0.29, 0.717) is 77.2 Å². The van der Waals surface area contributed by atoms with Crippen molar-refractivity contribution in [3.8, 4) is 28.0 Å². The zero-order chi connectivity index (χ0) is 46.2. The Morgan fingerprint density at radius 2 is 1.22 bits per heavy atom. The molecule has 0 spiro atoms. The van der Waals surface area contributed by atoms with Crippen LogP contribution in [-0.4, -0.2) is 55.2 Å². The van der Waals surface area contributed by atoms with Crippen molar-refractivity contribution in [2.24, 2.45) is 23.2 Å². The van der Waals surface area contributed by atoms with Crippen LogP contribution >= 0.6 is 0 Å². The van der Waals surface area contributed by atoms with Crippen LogP contribution in [0, 0.1) is 34.8 Å². The fraction of sp³-hybridized carbons (Fsp3) is 0.564. The van der Waals surface area contributed by atoms with Gasteiger partial charge in [-0.1, -0.05) is 89.8 Å². The molecular weight excluding hydrogens is 811 g/mol. The minimum absolute atomic E-state index is 0.128. The zero-order valence-corrected chi connectivity index (χ0v) is 39.1. The van der Waals surface area contributed by atoms with Gasteiger partial charge in [-0.05, 0) is 160 Å². The number of unbranched alkanes of at least 4 members (excludes halogenated alkanes) is 2. The summed E-state index contributed by atoms with van der Waals surface area (Å²) in [6.45, 7) is 14.5. The molecule has 0 heterocycles. The lowest BCUT2D eigenvalue weighted by Gasteiger charge is -2.38. The van der Waals surface area contributed by atoms with Crippen molar-refractivity contribution >= 4 is 11.9 Å². The summed E-state index contributed by atoms with van der Waals surface area (Å²) in [6, 6.07) is 14.0. The number of halogens is 2.